The lowest BCUT2D eigenvalue weighted by atomic mass is 9.86. The quantitative estimate of drug-likeness (QED) is 0.457. The highest BCUT2D eigenvalue weighted by atomic mass is 35.5. The van der Waals surface area contributed by atoms with Crippen molar-refractivity contribution in [1.82, 2.24) is 20.4 Å². The highest BCUT2D eigenvalue weighted by Crippen LogP contribution is 2.30. The zero-order chi connectivity index (χ0) is 24.7. The SMILES string of the molecule is CCOc1cc(N)c(Cl)cc1C(=O)NC1CCN(C(C(=O)N(CC)CC)C2CCNCC2)CC1. The third-order valence-corrected chi connectivity index (χ3v) is 7.39. The molecule has 0 saturated carbocycles. The standard InChI is InChI=1S/C25H40ClN5O3/c1-4-30(5-2)25(33)23(17-7-11-28-12-8-17)31-13-9-18(10-14-31)29-24(32)19-15-20(26)21(27)16-22(19)34-6-3/h15-18,23,28H,4-14,27H2,1-3H3,(H,29,32). The number of benzene rings is 1. The van der Waals surface area contributed by atoms with Crippen LogP contribution in [-0.2, 0) is 4.79 Å². The molecule has 1 aromatic carbocycles. The van der Waals surface area contributed by atoms with Crippen molar-refractivity contribution in [3.63, 3.8) is 0 Å². The Balaban J connectivity index is 1.66. The van der Waals surface area contributed by atoms with Gasteiger partial charge in [0.05, 0.1) is 28.9 Å². The molecular weight excluding hydrogens is 454 g/mol. The predicted octanol–water partition coefficient (Wildman–Crippen LogP) is 2.75. The van der Waals surface area contributed by atoms with Crippen molar-refractivity contribution in [2.75, 3.05) is 51.6 Å². The van der Waals surface area contributed by atoms with E-state index in [1.54, 1.807) is 12.1 Å². The number of carbonyl (C=O) groups is 2. The van der Waals surface area contributed by atoms with Crippen molar-refractivity contribution >= 4 is 29.1 Å². The number of nitrogens with one attached hydrogen (secondary N) is 2. The number of carbonyl (C=O) groups excluding carboxylic acids is 2. The molecule has 0 aliphatic carbocycles. The number of rotatable bonds is 9. The molecule has 0 spiro atoms. The van der Waals surface area contributed by atoms with Crippen molar-refractivity contribution in [3.05, 3.63) is 22.7 Å². The van der Waals surface area contributed by atoms with Gasteiger partial charge in [0.25, 0.3) is 5.91 Å². The fraction of sp³-hybridized carbons (Fsp3) is 0.680. The summed E-state index contributed by atoms with van der Waals surface area (Å²) in [4.78, 5) is 30.8. The first kappa shape index (κ1) is 26.6. The topological polar surface area (TPSA) is 99.9 Å². The summed E-state index contributed by atoms with van der Waals surface area (Å²) >= 11 is 6.17. The van der Waals surface area contributed by atoms with E-state index in [-0.39, 0.29) is 23.9 Å². The second-order valence-corrected chi connectivity index (χ2v) is 9.54. The number of ether oxygens (including phenoxy) is 1. The lowest BCUT2D eigenvalue weighted by molar-refractivity contribution is -0.140. The van der Waals surface area contributed by atoms with Gasteiger partial charge in [-0.1, -0.05) is 11.6 Å². The van der Waals surface area contributed by atoms with E-state index >= 15 is 0 Å². The molecule has 3 rings (SSSR count). The van der Waals surface area contributed by atoms with Crippen molar-refractivity contribution in [3.8, 4) is 5.75 Å². The van der Waals surface area contributed by atoms with Crippen LogP contribution in [0.3, 0.4) is 0 Å². The van der Waals surface area contributed by atoms with E-state index in [9.17, 15) is 9.59 Å². The summed E-state index contributed by atoms with van der Waals surface area (Å²) in [5, 5.41) is 6.90. The molecule has 2 amide bonds. The summed E-state index contributed by atoms with van der Waals surface area (Å²) in [5.41, 5.74) is 6.67. The number of nitrogens with zero attached hydrogens (tertiary/aromatic N) is 2. The van der Waals surface area contributed by atoms with Crippen LogP contribution < -0.4 is 21.1 Å². The maximum absolute atomic E-state index is 13.5. The van der Waals surface area contributed by atoms with Crippen molar-refractivity contribution in [1.29, 1.82) is 0 Å². The predicted molar refractivity (Wildman–Crippen MR) is 136 cm³/mol. The van der Waals surface area contributed by atoms with E-state index in [4.69, 9.17) is 22.1 Å². The Kier molecular flexibility index (Phi) is 9.85. The first-order valence-electron chi connectivity index (χ1n) is 12.7. The number of amides is 2. The number of halogens is 1. The summed E-state index contributed by atoms with van der Waals surface area (Å²) in [6.07, 6.45) is 3.63. The Bertz CT molecular complexity index is 834. The van der Waals surface area contributed by atoms with Crippen molar-refractivity contribution in [2.24, 2.45) is 5.92 Å². The maximum atomic E-state index is 13.5. The lowest BCUT2D eigenvalue weighted by Gasteiger charge is -2.43. The largest absolute Gasteiger partial charge is 0.493 e. The van der Waals surface area contributed by atoms with Crippen LogP contribution >= 0.6 is 11.6 Å². The van der Waals surface area contributed by atoms with Gasteiger partial charge in [-0.2, -0.15) is 0 Å². The fourth-order valence-corrected chi connectivity index (χ4v) is 5.31. The summed E-state index contributed by atoms with van der Waals surface area (Å²) in [6, 6.07) is 3.12. The van der Waals surface area contributed by atoms with Crippen LogP contribution in [-0.4, -0.2) is 79.6 Å². The Morgan fingerprint density at radius 2 is 1.82 bits per heavy atom. The van der Waals surface area contributed by atoms with E-state index in [2.05, 4.69) is 15.5 Å². The fourth-order valence-electron chi connectivity index (χ4n) is 5.14. The van der Waals surface area contributed by atoms with Gasteiger partial charge in [0.15, 0.2) is 0 Å². The Morgan fingerprint density at radius 3 is 2.41 bits per heavy atom. The van der Waals surface area contributed by atoms with Gasteiger partial charge in [-0.3, -0.25) is 14.5 Å². The molecule has 4 N–H and O–H groups in total. The molecule has 9 heteroatoms. The number of anilines is 1. The number of nitrogen functional groups attached to an aromatic ring is 1. The number of hydrogen-bond donors (Lipinski definition) is 3. The van der Waals surface area contributed by atoms with Crippen LogP contribution in [0.15, 0.2) is 12.1 Å². The minimum Gasteiger partial charge on any atom is -0.493 e. The summed E-state index contributed by atoms with van der Waals surface area (Å²) in [5.74, 6) is 0.844. The second-order valence-electron chi connectivity index (χ2n) is 9.13. The normalized spacial score (nSPS) is 18.9. The average molecular weight is 494 g/mol. The molecule has 34 heavy (non-hydrogen) atoms. The third kappa shape index (κ3) is 6.34. The summed E-state index contributed by atoms with van der Waals surface area (Å²) in [7, 11) is 0. The highest BCUT2D eigenvalue weighted by molar-refractivity contribution is 6.33. The van der Waals surface area contributed by atoms with Crippen molar-refractivity contribution in [2.45, 2.75) is 58.5 Å². The molecule has 1 atom stereocenters. The summed E-state index contributed by atoms with van der Waals surface area (Å²) in [6.45, 7) is 11.3. The molecule has 2 aliphatic heterocycles. The molecule has 2 heterocycles. The molecular formula is C25H40ClN5O3. The van der Waals surface area contributed by atoms with Crippen LogP contribution in [0.2, 0.25) is 5.02 Å². The molecule has 1 aromatic rings. The molecule has 2 fully saturated rings. The van der Waals surface area contributed by atoms with Crippen LogP contribution in [0.1, 0.15) is 56.8 Å². The molecule has 190 valence electrons. The third-order valence-electron chi connectivity index (χ3n) is 7.06. The Morgan fingerprint density at radius 1 is 1.18 bits per heavy atom. The number of nitrogens with two attached hydrogens (primary N) is 1. The lowest BCUT2D eigenvalue weighted by Crippen LogP contribution is -2.57. The molecule has 0 bridgehead atoms. The van der Waals surface area contributed by atoms with Gasteiger partial charge in [0, 0.05) is 38.3 Å². The van der Waals surface area contributed by atoms with E-state index < -0.39 is 0 Å². The van der Waals surface area contributed by atoms with Crippen LogP contribution in [0.4, 0.5) is 5.69 Å². The van der Waals surface area contributed by atoms with E-state index in [1.807, 2.05) is 25.7 Å². The van der Waals surface area contributed by atoms with Gasteiger partial charge in [0.2, 0.25) is 5.91 Å². The van der Waals surface area contributed by atoms with Crippen LogP contribution in [0.5, 0.6) is 5.75 Å². The molecule has 2 saturated heterocycles. The van der Waals surface area contributed by atoms with Gasteiger partial charge in [-0.15, -0.1) is 0 Å². The average Bonchev–Trinajstić information content (AvgIpc) is 2.84. The van der Waals surface area contributed by atoms with E-state index in [1.165, 1.54) is 0 Å². The second kappa shape index (κ2) is 12.6. The monoisotopic (exact) mass is 493 g/mol. The van der Waals surface area contributed by atoms with Gasteiger partial charge < -0.3 is 26.0 Å². The zero-order valence-electron chi connectivity index (χ0n) is 20.7. The van der Waals surface area contributed by atoms with Crippen LogP contribution in [0.25, 0.3) is 0 Å². The number of likely N-dealkylation sites (N-methyl/N-ethyl adjacent to an activating group) is 1. The molecule has 0 radical (unpaired) electrons. The van der Waals surface area contributed by atoms with Crippen LogP contribution in [0, 0.1) is 5.92 Å². The number of likely N-dealkylation sites (tertiary alicyclic amines) is 1. The number of piperidine rings is 2. The van der Waals surface area contributed by atoms with Gasteiger partial charge in [0.1, 0.15) is 5.75 Å². The van der Waals surface area contributed by atoms with E-state index in [0.29, 0.717) is 34.5 Å². The first-order valence-corrected chi connectivity index (χ1v) is 13.0. The first-order chi connectivity index (χ1) is 16.4. The highest BCUT2D eigenvalue weighted by Gasteiger charge is 2.38. The number of hydrogen-bond acceptors (Lipinski definition) is 6. The minimum absolute atomic E-state index is 0.0341. The molecule has 0 aromatic heterocycles. The Labute approximate surface area is 208 Å². The zero-order valence-corrected chi connectivity index (χ0v) is 21.5. The van der Waals surface area contributed by atoms with Gasteiger partial charge in [-0.25, -0.2) is 0 Å². The molecule has 1 unspecified atom stereocenters. The maximum Gasteiger partial charge on any atom is 0.255 e. The Hall–Kier alpha value is -2.03. The van der Waals surface area contributed by atoms with E-state index in [0.717, 1.165) is 65.0 Å². The minimum atomic E-state index is -0.210. The summed E-state index contributed by atoms with van der Waals surface area (Å²) < 4.78 is 5.61. The molecule has 8 nitrogen and oxygen atoms in total. The van der Waals surface area contributed by atoms with Gasteiger partial charge >= 0.3 is 0 Å². The van der Waals surface area contributed by atoms with Gasteiger partial charge in [-0.05, 0) is 71.5 Å². The smallest absolute Gasteiger partial charge is 0.255 e. The molecule has 2 aliphatic rings. The van der Waals surface area contributed by atoms with Crippen molar-refractivity contribution < 1.29 is 14.3 Å².